The highest BCUT2D eigenvalue weighted by Gasteiger charge is 2.35. The first-order chi connectivity index (χ1) is 29.4. The lowest BCUT2D eigenvalue weighted by Crippen LogP contribution is -2.51. The Balaban J connectivity index is 0.805. The number of aryl methyl sites for hydroxylation is 2. The van der Waals surface area contributed by atoms with Crippen molar-refractivity contribution in [1.29, 1.82) is 0 Å². The molecule has 2 unspecified atom stereocenters. The molecule has 2 aromatic heterocycles. The van der Waals surface area contributed by atoms with Crippen LogP contribution in [0.5, 0.6) is 0 Å². The Bertz CT molecular complexity index is 2600. The number of halogens is 1. The Kier molecular flexibility index (Phi) is 11.7. The lowest BCUT2D eigenvalue weighted by molar-refractivity contribution is -0.157. The number of unbranched alkanes of at least 4 members (excludes halogenated alkanes) is 1. The minimum Gasteiger partial charge on any atom is -0.458 e. The second-order valence-electron chi connectivity index (χ2n) is 15.9. The molecule has 3 aromatic carbocycles. The fourth-order valence-electron chi connectivity index (χ4n) is 8.48. The number of rotatable bonds is 14. The highest BCUT2D eigenvalue weighted by Crippen LogP contribution is 2.44. The van der Waals surface area contributed by atoms with Gasteiger partial charge in [-0.25, -0.2) is 19.0 Å². The van der Waals surface area contributed by atoms with E-state index >= 15 is 0 Å². The maximum absolute atomic E-state index is 14.8. The molecule has 0 bridgehead atoms. The fourth-order valence-corrected chi connectivity index (χ4v) is 8.48. The van der Waals surface area contributed by atoms with E-state index in [-0.39, 0.29) is 61.6 Å². The van der Waals surface area contributed by atoms with E-state index in [1.165, 1.54) is 6.07 Å². The number of nitrogens with zero attached hydrogens (tertiary/aromatic N) is 2. The molecule has 61 heavy (non-hydrogen) atoms. The summed E-state index contributed by atoms with van der Waals surface area (Å²) >= 11 is 0. The number of hydrogen-bond donors (Lipinski definition) is 4. The Morgan fingerprint density at radius 2 is 1.69 bits per heavy atom. The van der Waals surface area contributed by atoms with Crippen molar-refractivity contribution >= 4 is 34.8 Å². The predicted molar refractivity (Wildman–Crippen MR) is 222 cm³/mol. The molecule has 1 aliphatic carbocycles. The molecule has 3 aliphatic rings. The third-order valence-electron chi connectivity index (χ3n) is 11.7. The predicted octanol–water partition coefficient (Wildman–Crippen LogP) is 5.06. The summed E-state index contributed by atoms with van der Waals surface area (Å²) in [6.45, 7) is 5.23. The molecule has 8 rings (SSSR count). The monoisotopic (exact) mass is 831 g/mol. The molecule has 3 amide bonds. The van der Waals surface area contributed by atoms with E-state index in [1.807, 2.05) is 36.4 Å². The summed E-state index contributed by atoms with van der Waals surface area (Å²) in [5, 5.41) is 19.1. The average molecular weight is 832 g/mol. The van der Waals surface area contributed by atoms with Gasteiger partial charge in [-0.05, 0) is 77.6 Å². The van der Waals surface area contributed by atoms with Gasteiger partial charge in [0.05, 0.1) is 35.6 Å². The number of fused-ring (bicyclic) bond motifs is 8. The third-order valence-corrected chi connectivity index (χ3v) is 11.7. The number of benzene rings is 3. The molecule has 2 aliphatic heterocycles. The van der Waals surface area contributed by atoms with Gasteiger partial charge in [0, 0.05) is 35.1 Å². The molecule has 0 fully saturated rings. The van der Waals surface area contributed by atoms with Crippen molar-refractivity contribution in [3.63, 3.8) is 0 Å². The van der Waals surface area contributed by atoms with Gasteiger partial charge in [0.2, 0.25) is 11.8 Å². The number of nitrogens with one attached hydrogen (secondary N) is 3. The molecule has 0 spiro atoms. The van der Waals surface area contributed by atoms with E-state index in [0.717, 1.165) is 38.8 Å². The van der Waals surface area contributed by atoms with E-state index in [1.54, 1.807) is 37.5 Å². The minimum absolute atomic E-state index is 0.0899. The van der Waals surface area contributed by atoms with E-state index in [2.05, 4.69) is 28.1 Å². The lowest BCUT2D eigenvalue weighted by atomic mass is 9.94. The second kappa shape index (κ2) is 17.3. The van der Waals surface area contributed by atoms with Crippen LogP contribution in [-0.2, 0) is 48.2 Å². The quantitative estimate of drug-likeness (QED) is 0.0657. The van der Waals surface area contributed by atoms with Crippen LogP contribution in [0.4, 0.5) is 9.18 Å². The molecule has 0 radical (unpaired) electrons. The van der Waals surface area contributed by atoms with Gasteiger partial charge >= 0.3 is 12.1 Å². The van der Waals surface area contributed by atoms with Gasteiger partial charge in [-0.1, -0.05) is 62.4 Å². The molecule has 5 aromatic rings. The van der Waals surface area contributed by atoms with Crippen molar-refractivity contribution in [2.45, 2.75) is 71.2 Å². The molecule has 4 heterocycles. The Morgan fingerprint density at radius 3 is 2.41 bits per heavy atom. The number of ether oxygens (including phenoxy) is 3. The van der Waals surface area contributed by atoms with Gasteiger partial charge in [-0.2, -0.15) is 0 Å². The SMILES string of the molecule is Cc1cc2c(CCCCOCNC(=O)CNC(=O)C(NC(=O)OCC3c4ccccc4-c4ccccc43)C(C)C)c3c(nc2cc1F)-c1cc2c(c(=O)n1C3)COC(=O)C2O. The van der Waals surface area contributed by atoms with Crippen LogP contribution >= 0.6 is 0 Å². The van der Waals surface area contributed by atoms with Gasteiger partial charge < -0.3 is 39.8 Å². The third kappa shape index (κ3) is 8.10. The number of aliphatic hydroxyl groups excluding tert-OH is 1. The molecule has 0 saturated carbocycles. The number of aliphatic hydroxyl groups is 1. The zero-order valence-corrected chi connectivity index (χ0v) is 34.0. The van der Waals surface area contributed by atoms with Crippen molar-refractivity contribution in [3.05, 3.63) is 122 Å². The molecular formula is C46H46FN5O9. The van der Waals surface area contributed by atoms with Crippen LogP contribution in [0.15, 0.2) is 71.5 Å². The van der Waals surface area contributed by atoms with Crippen LogP contribution in [0, 0.1) is 18.7 Å². The molecule has 4 N–H and O–H groups in total. The normalized spacial score (nSPS) is 15.3. The number of hydrogen-bond acceptors (Lipinski definition) is 10. The molecule has 0 saturated heterocycles. The van der Waals surface area contributed by atoms with Crippen molar-refractivity contribution in [2.75, 3.05) is 26.5 Å². The van der Waals surface area contributed by atoms with Crippen LogP contribution in [0.25, 0.3) is 33.4 Å². The number of pyridine rings is 2. The van der Waals surface area contributed by atoms with Gasteiger partial charge in [0.15, 0.2) is 6.10 Å². The van der Waals surface area contributed by atoms with E-state index in [0.29, 0.717) is 48.3 Å². The highest BCUT2D eigenvalue weighted by atomic mass is 19.1. The van der Waals surface area contributed by atoms with E-state index < -0.39 is 41.8 Å². The maximum atomic E-state index is 14.8. The summed E-state index contributed by atoms with van der Waals surface area (Å²) < 4.78 is 32.6. The fraction of sp³-hybridized carbons (Fsp3) is 0.348. The Labute approximate surface area is 350 Å². The smallest absolute Gasteiger partial charge is 0.407 e. The maximum Gasteiger partial charge on any atom is 0.407 e. The first-order valence-electron chi connectivity index (χ1n) is 20.4. The zero-order chi connectivity index (χ0) is 42.9. The lowest BCUT2D eigenvalue weighted by Gasteiger charge is -2.22. The first kappa shape index (κ1) is 41.3. The summed E-state index contributed by atoms with van der Waals surface area (Å²) in [5.74, 6) is -2.66. The highest BCUT2D eigenvalue weighted by molar-refractivity contribution is 5.90. The number of alkyl carbamates (subject to hydrolysis) is 1. The van der Waals surface area contributed by atoms with Gasteiger partial charge in [-0.3, -0.25) is 14.4 Å². The number of amides is 3. The van der Waals surface area contributed by atoms with Crippen LogP contribution in [0.1, 0.15) is 77.7 Å². The number of carbonyl (C=O) groups excluding carboxylic acids is 4. The summed E-state index contributed by atoms with van der Waals surface area (Å²) in [6, 6.07) is 19.8. The zero-order valence-electron chi connectivity index (χ0n) is 34.0. The first-order valence-corrected chi connectivity index (χ1v) is 20.4. The average Bonchev–Trinajstić information content (AvgIpc) is 3.78. The van der Waals surface area contributed by atoms with E-state index in [9.17, 15) is 33.5 Å². The molecule has 15 heteroatoms. The summed E-state index contributed by atoms with van der Waals surface area (Å²) in [6.07, 6.45) is -0.494. The molecule has 2 atom stereocenters. The van der Waals surface area contributed by atoms with Crippen molar-refractivity contribution in [1.82, 2.24) is 25.5 Å². The van der Waals surface area contributed by atoms with Gasteiger partial charge in [-0.15, -0.1) is 0 Å². The largest absolute Gasteiger partial charge is 0.458 e. The topological polar surface area (TPSA) is 187 Å². The number of cyclic esters (lactones) is 1. The second-order valence-corrected chi connectivity index (χ2v) is 15.9. The Morgan fingerprint density at radius 1 is 0.967 bits per heavy atom. The molecule has 14 nitrogen and oxygen atoms in total. The standard InChI is InChI=1S/C46H46FN5O9/c1-24(2)40(51-46(58)61-21-34-28-12-6-4-10-26(28)27-11-5-7-13-29(27)34)43(55)48-19-39(53)49-23-59-15-9-8-14-30-31-16-25(3)36(47)18-37(31)50-41-33(30)20-52-38(41)17-32-35(44(52)56)22-60-45(57)42(32)54/h4-7,10-13,16-18,24,34,40,42,54H,8-9,14-15,19-23H2,1-3H3,(H,48,55)(H,49,53)(H,51,58). The van der Waals surface area contributed by atoms with Crippen LogP contribution in [0.3, 0.4) is 0 Å². The van der Waals surface area contributed by atoms with E-state index in [4.69, 9.17) is 19.2 Å². The summed E-state index contributed by atoms with van der Waals surface area (Å²) in [5.41, 5.74) is 7.93. The minimum atomic E-state index is -1.58. The van der Waals surface area contributed by atoms with Crippen molar-refractivity contribution in [3.8, 4) is 22.5 Å². The van der Waals surface area contributed by atoms with Gasteiger partial charge in [0.25, 0.3) is 5.56 Å². The summed E-state index contributed by atoms with van der Waals surface area (Å²) in [4.78, 5) is 68.9. The van der Waals surface area contributed by atoms with Gasteiger partial charge in [0.1, 0.15) is 31.8 Å². The van der Waals surface area contributed by atoms with Crippen molar-refractivity contribution in [2.24, 2.45) is 5.92 Å². The number of carbonyl (C=O) groups is 4. The molecular weight excluding hydrogens is 786 g/mol. The Hall–Kier alpha value is -6.45. The van der Waals surface area contributed by atoms with Crippen LogP contribution in [-0.4, -0.2) is 71.1 Å². The summed E-state index contributed by atoms with van der Waals surface area (Å²) in [7, 11) is 0. The van der Waals surface area contributed by atoms with Crippen molar-refractivity contribution < 1.29 is 42.9 Å². The van der Waals surface area contributed by atoms with Crippen LogP contribution < -0.4 is 21.5 Å². The molecule has 316 valence electrons. The number of aromatic nitrogens is 2. The van der Waals surface area contributed by atoms with Crippen LogP contribution in [0.2, 0.25) is 0 Å². The number of esters is 1.